The van der Waals surface area contributed by atoms with Crippen molar-refractivity contribution in [3.05, 3.63) is 53.7 Å². The number of benzene rings is 1. The number of amides is 1. The molecule has 0 bridgehead atoms. The number of anilines is 2. The highest BCUT2D eigenvalue weighted by Gasteiger charge is 2.19. The molecule has 4 nitrogen and oxygen atoms in total. The second kappa shape index (κ2) is 5.01. The molecule has 0 unspecified atom stereocenters. The van der Waals surface area contributed by atoms with E-state index < -0.39 is 17.5 Å². The van der Waals surface area contributed by atoms with Gasteiger partial charge in [-0.1, -0.05) is 6.07 Å². The van der Waals surface area contributed by atoms with Crippen LogP contribution in [0.2, 0.25) is 0 Å². The third-order valence-electron chi connectivity index (χ3n) is 2.65. The van der Waals surface area contributed by atoms with Gasteiger partial charge >= 0.3 is 0 Å². The van der Waals surface area contributed by atoms with Crippen molar-refractivity contribution >= 4 is 17.4 Å². The lowest BCUT2D eigenvalue weighted by atomic mass is 10.2. The highest BCUT2D eigenvalue weighted by atomic mass is 19.1. The number of hydrogen-bond donors (Lipinski definition) is 1. The molecule has 2 aromatic rings. The Morgan fingerprint density at radius 3 is 2.74 bits per heavy atom. The maximum Gasteiger partial charge on any atom is 0.261 e. The lowest BCUT2D eigenvalue weighted by Gasteiger charge is -2.17. The van der Waals surface area contributed by atoms with E-state index in [0.29, 0.717) is 5.69 Å². The van der Waals surface area contributed by atoms with E-state index in [0.717, 1.165) is 4.90 Å². The highest BCUT2D eigenvalue weighted by molar-refractivity contribution is 6.06. The topological polar surface area (TPSA) is 59.2 Å². The number of hydrogen-bond acceptors (Lipinski definition) is 3. The Morgan fingerprint density at radius 1 is 1.32 bits per heavy atom. The summed E-state index contributed by atoms with van der Waals surface area (Å²) in [7, 11) is 1.42. The van der Waals surface area contributed by atoms with Gasteiger partial charge in [-0.05, 0) is 24.3 Å². The fourth-order valence-corrected chi connectivity index (χ4v) is 1.61. The van der Waals surface area contributed by atoms with Gasteiger partial charge in [-0.2, -0.15) is 0 Å². The summed E-state index contributed by atoms with van der Waals surface area (Å²) >= 11 is 0. The second-order valence-corrected chi connectivity index (χ2v) is 3.90. The molecule has 0 fully saturated rings. The van der Waals surface area contributed by atoms with Crippen LogP contribution in [0.3, 0.4) is 0 Å². The number of nitrogen functional groups attached to an aromatic ring is 1. The van der Waals surface area contributed by atoms with Crippen LogP contribution < -0.4 is 10.6 Å². The quantitative estimate of drug-likeness (QED) is 0.903. The maximum atomic E-state index is 13.7. The molecule has 0 aliphatic heterocycles. The second-order valence-electron chi connectivity index (χ2n) is 3.90. The van der Waals surface area contributed by atoms with Crippen molar-refractivity contribution in [3.63, 3.8) is 0 Å². The summed E-state index contributed by atoms with van der Waals surface area (Å²) in [4.78, 5) is 16.8. The SMILES string of the molecule is CN(C(=O)c1ccnc(N)c1F)c1cccc(F)c1. The number of carbonyl (C=O) groups excluding carboxylic acids is 1. The van der Waals surface area contributed by atoms with Crippen LogP contribution in [0.4, 0.5) is 20.3 Å². The van der Waals surface area contributed by atoms with Crippen molar-refractivity contribution in [1.82, 2.24) is 4.98 Å². The summed E-state index contributed by atoms with van der Waals surface area (Å²) < 4.78 is 26.8. The Hall–Kier alpha value is -2.50. The van der Waals surface area contributed by atoms with Crippen LogP contribution in [0.1, 0.15) is 10.4 Å². The summed E-state index contributed by atoms with van der Waals surface area (Å²) in [6, 6.07) is 6.67. The van der Waals surface area contributed by atoms with Crippen molar-refractivity contribution in [2.24, 2.45) is 0 Å². The molecule has 6 heteroatoms. The van der Waals surface area contributed by atoms with Gasteiger partial charge in [0.2, 0.25) is 0 Å². The molecular weight excluding hydrogens is 252 g/mol. The molecule has 0 atom stereocenters. The van der Waals surface area contributed by atoms with Gasteiger partial charge < -0.3 is 10.6 Å². The van der Waals surface area contributed by atoms with Crippen molar-refractivity contribution in [2.75, 3.05) is 17.7 Å². The molecule has 0 spiro atoms. The van der Waals surface area contributed by atoms with Gasteiger partial charge in [-0.25, -0.2) is 13.8 Å². The van der Waals surface area contributed by atoms with E-state index in [-0.39, 0.29) is 11.4 Å². The Balaban J connectivity index is 2.36. The minimum Gasteiger partial charge on any atom is -0.381 e. The lowest BCUT2D eigenvalue weighted by Crippen LogP contribution is -2.27. The molecule has 2 N–H and O–H groups in total. The predicted molar refractivity (Wildman–Crippen MR) is 67.7 cm³/mol. The maximum absolute atomic E-state index is 13.7. The van der Waals surface area contributed by atoms with Gasteiger partial charge in [-0.3, -0.25) is 4.79 Å². The molecule has 0 aliphatic rings. The first kappa shape index (κ1) is 12.9. The predicted octanol–water partition coefficient (Wildman–Crippen LogP) is 2.22. The van der Waals surface area contributed by atoms with Gasteiger partial charge in [0.15, 0.2) is 11.6 Å². The third kappa shape index (κ3) is 2.52. The van der Waals surface area contributed by atoms with Gasteiger partial charge in [0.05, 0.1) is 5.56 Å². The van der Waals surface area contributed by atoms with E-state index in [1.807, 2.05) is 0 Å². The van der Waals surface area contributed by atoms with Crippen molar-refractivity contribution in [3.8, 4) is 0 Å². The Kier molecular flexibility index (Phi) is 3.41. The van der Waals surface area contributed by atoms with Crippen molar-refractivity contribution in [1.29, 1.82) is 0 Å². The van der Waals surface area contributed by atoms with Gasteiger partial charge in [0.1, 0.15) is 5.82 Å². The van der Waals surface area contributed by atoms with Gasteiger partial charge in [0, 0.05) is 18.9 Å². The standard InChI is InChI=1S/C13H11F2N3O/c1-18(9-4-2-3-8(14)7-9)13(19)10-5-6-17-12(16)11(10)15/h2-7H,1H3,(H2,16,17). The Bertz CT molecular complexity index is 631. The number of nitrogens with two attached hydrogens (primary N) is 1. The number of carbonyl (C=O) groups is 1. The molecule has 1 aromatic heterocycles. The molecule has 98 valence electrons. The fourth-order valence-electron chi connectivity index (χ4n) is 1.61. The molecule has 1 aromatic carbocycles. The summed E-state index contributed by atoms with van der Waals surface area (Å²) in [5.74, 6) is -2.33. The summed E-state index contributed by atoms with van der Waals surface area (Å²) in [6.45, 7) is 0. The number of pyridine rings is 1. The van der Waals surface area contributed by atoms with Crippen molar-refractivity contribution < 1.29 is 13.6 Å². The molecule has 0 saturated heterocycles. The third-order valence-corrected chi connectivity index (χ3v) is 2.65. The molecular formula is C13H11F2N3O. The van der Waals surface area contributed by atoms with E-state index in [1.165, 1.54) is 37.5 Å². The minimum atomic E-state index is -0.879. The fraction of sp³-hybridized carbons (Fsp3) is 0.0769. The molecule has 2 rings (SSSR count). The zero-order valence-corrected chi connectivity index (χ0v) is 10.1. The van der Waals surface area contributed by atoms with E-state index in [2.05, 4.69) is 4.98 Å². The minimum absolute atomic E-state index is 0.209. The first-order chi connectivity index (χ1) is 9.00. The van der Waals surface area contributed by atoms with Crippen LogP contribution in [0, 0.1) is 11.6 Å². The van der Waals surface area contributed by atoms with Gasteiger partial charge in [-0.15, -0.1) is 0 Å². The van der Waals surface area contributed by atoms with E-state index >= 15 is 0 Å². The van der Waals surface area contributed by atoms with Crippen LogP contribution in [-0.4, -0.2) is 17.9 Å². The normalized spacial score (nSPS) is 10.3. The van der Waals surface area contributed by atoms with Crippen LogP contribution in [0.15, 0.2) is 36.5 Å². The van der Waals surface area contributed by atoms with E-state index in [1.54, 1.807) is 6.07 Å². The molecule has 19 heavy (non-hydrogen) atoms. The highest BCUT2D eigenvalue weighted by Crippen LogP contribution is 2.19. The van der Waals surface area contributed by atoms with Crippen LogP contribution >= 0.6 is 0 Å². The molecule has 0 saturated carbocycles. The zero-order valence-electron chi connectivity index (χ0n) is 10.1. The largest absolute Gasteiger partial charge is 0.381 e. The van der Waals surface area contributed by atoms with E-state index in [9.17, 15) is 13.6 Å². The van der Waals surface area contributed by atoms with Crippen LogP contribution in [0.5, 0.6) is 0 Å². The summed E-state index contributed by atoms with van der Waals surface area (Å²) in [5, 5.41) is 0. The average molecular weight is 263 g/mol. The smallest absolute Gasteiger partial charge is 0.261 e. The molecule has 1 heterocycles. The van der Waals surface area contributed by atoms with E-state index in [4.69, 9.17) is 5.73 Å². The first-order valence-electron chi connectivity index (χ1n) is 5.44. The van der Waals surface area contributed by atoms with Crippen molar-refractivity contribution in [2.45, 2.75) is 0 Å². The summed E-state index contributed by atoms with van der Waals surface area (Å²) in [5.41, 5.74) is 5.41. The Labute approximate surface area is 108 Å². The molecule has 0 aliphatic carbocycles. The number of nitrogens with zero attached hydrogens (tertiary/aromatic N) is 2. The summed E-state index contributed by atoms with van der Waals surface area (Å²) in [6.07, 6.45) is 1.24. The number of halogens is 2. The lowest BCUT2D eigenvalue weighted by molar-refractivity contribution is 0.0989. The average Bonchev–Trinajstić information content (AvgIpc) is 2.40. The van der Waals surface area contributed by atoms with Crippen LogP contribution in [-0.2, 0) is 0 Å². The molecule has 0 radical (unpaired) electrons. The molecule has 1 amide bonds. The first-order valence-corrected chi connectivity index (χ1v) is 5.44. The monoisotopic (exact) mass is 263 g/mol. The number of rotatable bonds is 2. The zero-order chi connectivity index (χ0) is 14.0. The number of aromatic nitrogens is 1. The Morgan fingerprint density at radius 2 is 2.05 bits per heavy atom. The van der Waals surface area contributed by atoms with Crippen LogP contribution in [0.25, 0.3) is 0 Å². The van der Waals surface area contributed by atoms with Gasteiger partial charge in [0.25, 0.3) is 5.91 Å².